The van der Waals surface area contributed by atoms with Crippen LogP contribution in [-0.4, -0.2) is 29.7 Å². The number of amides is 1. The fourth-order valence-corrected chi connectivity index (χ4v) is 2.56. The lowest BCUT2D eigenvalue weighted by atomic mass is 10.1. The quantitative estimate of drug-likeness (QED) is 0.834. The molecule has 1 N–H and O–H groups in total. The molecule has 1 aliphatic heterocycles. The van der Waals surface area contributed by atoms with Gasteiger partial charge in [0.25, 0.3) is 5.91 Å². The highest BCUT2D eigenvalue weighted by Crippen LogP contribution is 2.11. The Balaban J connectivity index is 1.99. The minimum Gasteiger partial charge on any atom is -0.381 e. The first-order valence-electron chi connectivity index (χ1n) is 5.37. The highest BCUT2D eigenvalue weighted by molar-refractivity contribution is 14.1. The molecule has 1 saturated heterocycles. The number of aryl methyl sites for hydroxylation is 1. The maximum Gasteiger partial charge on any atom is 0.268 e. The van der Waals surface area contributed by atoms with Crippen LogP contribution in [0.4, 0.5) is 0 Å². The van der Waals surface area contributed by atoms with Crippen molar-refractivity contribution in [1.82, 2.24) is 9.88 Å². The molecule has 0 saturated carbocycles. The van der Waals surface area contributed by atoms with Gasteiger partial charge in [0, 0.05) is 36.1 Å². The molecule has 0 bridgehead atoms. The number of carbonyl (C=O) groups excluding carboxylic acids is 1. The zero-order valence-corrected chi connectivity index (χ0v) is 11.4. The summed E-state index contributed by atoms with van der Waals surface area (Å²) in [6, 6.07) is 2.16. The van der Waals surface area contributed by atoms with Crippen LogP contribution in [0.3, 0.4) is 0 Å². The van der Waals surface area contributed by atoms with E-state index < -0.39 is 0 Å². The molecule has 0 spiro atoms. The Morgan fingerprint density at radius 2 is 2.25 bits per heavy atom. The van der Waals surface area contributed by atoms with E-state index in [1.165, 1.54) is 0 Å². The molecule has 5 heteroatoms. The molecule has 1 amide bonds. The van der Waals surface area contributed by atoms with Crippen molar-refractivity contribution in [3.05, 3.63) is 21.5 Å². The van der Waals surface area contributed by atoms with Crippen LogP contribution in [0.1, 0.15) is 23.3 Å². The van der Waals surface area contributed by atoms with Crippen molar-refractivity contribution in [2.75, 3.05) is 13.2 Å². The van der Waals surface area contributed by atoms with Crippen molar-refractivity contribution in [3.63, 3.8) is 0 Å². The van der Waals surface area contributed by atoms with Crippen LogP contribution in [-0.2, 0) is 11.8 Å². The third-order valence-electron chi connectivity index (χ3n) is 2.76. The molecular weight excluding hydrogens is 319 g/mol. The number of hydrogen-bond acceptors (Lipinski definition) is 2. The van der Waals surface area contributed by atoms with E-state index in [2.05, 4.69) is 27.9 Å². The lowest BCUT2D eigenvalue weighted by Gasteiger charge is -2.23. The zero-order valence-electron chi connectivity index (χ0n) is 9.20. The molecule has 0 radical (unpaired) electrons. The molecule has 1 aromatic rings. The SMILES string of the molecule is Cn1cc(I)cc1C(=O)NC1CCOCC1. The van der Waals surface area contributed by atoms with Gasteiger partial charge in [0.2, 0.25) is 0 Å². The molecule has 2 rings (SSSR count). The van der Waals surface area contributed by atoms with E-state index in [1.807, 2.05) is 23.9 Å². The van der Waals surface area contributed by atoms with Gasteiger partial charge in [-0.3, -0.25) is 4.79 Å². The smallest absolute Gasteiger partial charge is 0.268 e. The molecule has 2 heterocycles. The highest BCUT2D eigenvalue weighted by Gasteiger charge is 2.18. The summed E-state index contributed by atoms with van der Waals surface area (Å²) < 4.78 is 8.20. The minimum absolute atomic E-state index is 0.0114. The van der Waals surface area contributed by atoms with Gasteiger partial charge in [-0.25, -0.2) is 0 Å². The van der Waals surface area contributed by atoms with Crippen LogP contribution in [0.25, 0.3) is 0 Å². The van der Waals surface area contributed by atoms with Gasteiger partial charge in [0.05, 0.1) is 0 Å². The molecule has 0 aromatic carbocycles. The molecule has 4 nitrogen and oxygen atoms in total. The first-order valence-corrected chi connectivity index (χ1v) is 6.45. The average molecular weight is 334 g/mol. The second-order valence-corrected chi connectivity index (χ2v) is 5.26. The van der Waals surface area contributed by atoms with E-state index in [0.29, 0.717) is 0 Å². The van der Waals surface area contributed by atoms with Gasteiger partial charge in [0.1, 0.15) is 5.69 Å². The third kappa shape index (κ3) is 2.76. The van der Waals surface area contributed by atoms with Crippen LogP contribution in [0, 0.1) is 3.57 Å². The summed E-state index contributed by atoms with van der Waals surface area (Å²) in [6.45, 7) is 1.49. The summed E-state index contributed by atoms with van der Waals surface area (Å²) in [5.41, 5.74) is 0.718. The highest BCUT2D eigenvalue weighted by atomic mass is 127. The van der Waals surface area contributed by atoms with Crippen molar-refractivity contribution >= 4 is 28.5 Å². The number of aromatic nitrogens is 1. The Bertz CT molecular complexity index is 383. The van der Waals surface area contributed by atoms with Crippen LogP contribution in [0.2, 0.25) is 0 Å². The van der Waals surface area contributed by atoms with Gasteiger partial charge in [-0.15, -0.1) is 0 Å². The number of ether oxygens (including phenoxy) is 1. The standard InChI is InChI=1S/C11H15IN2O2/c1-14-7-8(12)6-10(14)11(15)13-9-2-4-16-5-3-9/h6-7,9H,2-5H2,1H3,(H,13,15). The Hall–Kier alpha value is -0.560. The van der Waals surface area contributed by atoms with E-state index in [9.17, 15) is 4.79 Å². The fourth-order valence-electron chi connectivity index (χ4n) is 1.85. The van der Waals surface area contributed by atoms with E-state index in [-0.39, 0.29) is 11.9 Å². The molecule has 1 fully saturated rings. The molecule has 0 atom stereocenters. The number of hydrogen-bond donors (Lipinski definition) is 1. The average Bonchev–Trinajstić information content (AvgIpc) is 2.59. The van der Waals surface area contributed by atoms with Crippen LogP contribution < -0.4 is 5.32 Å². The summed E-state index contributed by atoms with van der Waals surface area (Å²) in [5.74, 6) is 0.0114. The molecule has 1 aromatic heterocycles. The van der Waals surface area contributed by atoms with Gasteiger partial charge in [-0.1, -0.05) is 0 Å². The topological polar surface area (TPSA) is 43.3 Å². The lowest BCUT2D eigenvalue weighted by molar-refractivity contribution is 0.0693. The largest absolute Gasteiger partial charge is 0.381 e. The molecule has 1 aliphatic rings. The van der Waals surface area contributed by atoms with Crippen molar-refractivity contribution < 1.29 is 9.53 Å². The molecule has 0 unspecified atom stereocenters. The predicted molar refractivity (Wildman–Crippen MR) is 69.4 cm³/mol. The van der Waals surface area contributed by atoms with E-state index in [0.717, 1.165) is 35.3 Å². The maximum absolute atomic E-state index is 12.0. The second-order valence-electron chi connectivity index (χ2n) is 4.01. The summed E-state index contributed by atoms with van der Waals surface area (Å²) in [5, 5.41) is 3.05. The van der Waals surface area contributed by atoms with Gasteiger partial charge < -0.3 is 14.6 Å². The van der Waals surface area contributed by atoms with Crippen molar-refractivity contribution in [2.24, 2.45) is 7.05 Å². The molecule has 16 heavy (non-hydrogen) atoms. The number of rotatable bonds is 2. The molecule has 88 valence electrons. The van der Waals surface area contributed by atoms with E-state index in [1.54, 1.807) is 0 Å². The summed E-state index contributed by atoms with van der Waals surface area (Å²) in [6.07, 6.45) is 3.76. The Morgan fingerprint density at radius 1 is 1.56 bits per heavy atom. The number of carbonyl (C=O) groups is 1. The van der Waals surface area contributed by atoms with Crippen molar-refractivity contribution in [3.8, 4) is 0 Å². The normalized spacial score (nSPS) is 17.4. The van der Waals surface area contributed by atoms with Crippen LogP contribution in [0.5, 0.6) is 0 Å². The van der Waals surface area contributed by atoms with Gasteiger partial charge in [-0.2, -0.15) is 0 Å². The molecule has 0 aliphatic carbocycles. The van der Waals surface area contributed by atoms with Gasteiger partial charge in [-0.05, 0) is 41.5 Å². The Morgan fingerprint density at radius 3 is 2.81 bits per heavy atom. The predicted octanol–water partition coefficient (Wildman–Crippen LogP) is 1.54. The van der Waals surface area contributed by atoms with Crippen LogP contribution >= 0.6 is 22.6 Å². The van der Waals surface area contributed by atoms with Crippen molar-refractivity contribution in [2.45, 2.75) is 18.9 Å². The second kappa shape index (κ2) is 5.18. The number of halogens is 1. The van der Waals surface area contributed by atoms with Crippen LogP contribution in [0.15, 0.2) is 12.3 Å². The first kappa shape index (κ1) is 11.9. The monoisotopic (exact) mass is 334 g/mol. The summed E-state index contributed by atoms with van der Waals surface area (Å²) >= 11 is 2.21. The third-order valence-corrected chi connectivity index (χ3v) is 3.35. The number of nitrogens with one attached hydrogen (secondary N) is 1. The fraction of sp³-hybridized carbons (Fsp3) is 0.545. The lowest BCUT2D eigenvalue weighted by Crippen LogP contribution is -2.39. The summed E-state index contributed by atoms with van der Waals surface area (Å²) in [4.78, 5) is 12.0. The van der Waals surface area contributed by atoms with E-state index >= 15 is 0 Å². The van der Waals surface area contributed by atoms with Crippen molar-refractivity contribution in [1.29, 1.82) is 0 Å². The maximum atomic E-state index is 12.0. The van der Waals surface area contributed by atoms with E-state index in [4.69, 9.17) is 4.74 Å². The minimum atomic E-state index is 0.0114. The number of nitrogens with zero attached hydrogens (tertiary/aromatic N) is 1. The first-order chi connectivity index (χ1) is 7.66. The Kier molecular flexibility index (Phi) is 3.86. The summed E-state index contributed by atoms with van der Waals surface area (Å²) in [7, 11) is 1.89. The zero-order chi connectivity index (χ0) is 11.5. The Labute approximate surface area is 108 Å². The van der Waals surface area contributed by atoms with Gasteiger partial charge in [0.15, 0.2) is 0 Å². The molecular formula is C11H15IN2O2. The van der Waals surface area contributed by atoms with Gasteiger partial charge >= 0.3 is 0 Å².